The van der Waals surface area contributed by atoms with Crippen molar-refractivity contribution in [3.63, 3.8) is 0 Å². The first kappa shape index (κ1) is 15.4. The summed E-state index contributed by atoms with van der Waals surface area (Å²) in [6.45, 7) is 5.55. The smallest absolute Gasteiger partial charge is 0.125 e. The predicted molar refractivity (Wildman–Crippen MR) is 84.0 cm³/mol. The fourth-order valence-corrected chi connectivity index (χ4v) is 3.06. The fraction of sp³-hybridized carbons (Fsp3) is 0.562. The number of aromatic nitrogens is 2. The first-order valence-electron chi connectivity index (χ1n) is 7.89. The summed E-state index contributed by atoms with van der Waals surface area (Å²) in [6.07, 6.45) is 1.50. The maximum Gasteiger partial charge on any atom is 0.125 e. The van der Waals surface area contributed by atoms with E-state index in [9.17, 15) is 9.50 Å². The molecule has 0 saturated carbocycles. The van der Waals surface area contributed by atoms with Crippen LogP contribution in [0.3, 0.4) is 0 Å². The number of fused-ring (bicyclic) bond motifs is 1. The van der Waals surface area contributed by atoms with Gasteiger partial charge in [0, 0.05) is 43.3 Å². The third-order valence-electron chi connectivity index (χ3n) is 4.35. The molecular formula is C16H23FN4O. The number of nitrogens with one attached hydrogen (secondary N) is 2. The van der Waals surface area contributed by atoms with Crippen molar-refractivity contribution in [3.8, 4) is 0 Å². The van der Waals surface area contributed by atoms with Crippen molar-refractivity contribution in [2.24, 2.45) is 5.92 Å². The molecule has 2 atom stereocenters. The molecular weight excluding hydrogens is 283 g/mol. The Kier molecular flexibility index (Phi) is 4.71. The van der Waals surface area contributed by atoms with Gasteiger partial charge in [-0.2, -0.15) is 5.10 Å². The minimum atomic E-state index is -0.382. The lowest BCUT2D eigenvalue weighted by atomic mass is 10.0. The van der Waals surface area contributed by atoms with E-state index in [-0.39, 0.29) is 12.0 Å². The average molecular weight is 306 g/mol. The van der Waals surface area contributed by atoms with E-state index in [1.54, 1.807) is 6.07 Å². The van der Waals surface area contributed by atoms with Crippen LogP contribution in [0.4, 0.5) is 4.39 Å². The third-order valence-corrected chi connectivity index (χ3v) is 4.35. The van der Waals surface area contributed by atoms with Gasteiger partial charge in [0.2, 0.25) is 0 Å². The molecule has 0 amide bonds. The largest absolute Gasteiger partial charge is 0.377 e. The fourth-order valence-electron chi connectivity index (χ4n) is 3.06. The van der Waals surface area contributed by atoms with Crippen molar-refractivity contribution in [1.29, 1.82) is 0 Å². The third kappa shape index (κ3) is 3.45. The van der Waals surface area contributed by atoms with Crippen LogP contribution in [-0.2, 0) is 6.42 Å². The van der Waals surface area contributed by atoms with Gasteiger partial charge in [-0.05, 0) is 30.9 Å². The highest BCUT2D eigenvalue weighted by atomic mass is 19.1. The molecule has 1 aromatic heterocycles. The molecule has 2 unspecified atom stereocenters. The zero-order valence-electron chi connectivity index (χ0n) is 12.8. The van der Waals surface area contributed by atoms with E-state index in [1.165, 1.54) is 12.1 Å². The Labute approximate surface area is 129 Å². The minimum Gasteiger partial charge on any atom is -0.377 e. The van der Waals surface area contributed by atoms with Gasteiger partial charge in [0.25, 0.3) is 0 Å². The maximum atomic E-state index is 13.2. The number of hydrogen-bond donors (Lipinski definition) is 3. The first-order valence-corrected chi connectivity index (χ1v) is 7.89. The van der Waals surface area contributed by atoms with Crippen LogP contribution in [0.15, 0.2) is 18.2 Å². The Morgan fingerprint density at radius 1 is 1.50 bits per heavy atom. The lowest BCUT2D eigenvalue weighted by molar-refractivity contribution is -0.0206. The van der Waals surface area contributed by atoms with Gasteiger partial charge in [0.15, 0.2) is 0 Å². The van der Waals surface area contributed by atoms with E-state index in [0.29, 0.717) is 18.0 Å². The van der Waals surface area contributed by atoms with Crippen LogP contribution in [0, 0.1) is 11.7 Å². The van der Waals surface area contributed by atoms with Gasteiger partial charge in [0.05, 0.1) is 5.52 Å². The monoisotopic (exact) mass is 306 g/mol. The summed E-state index contributed by atoms with van der Waals surface area (Å²) in [4.78, 5) is 2.13. The van der Waals surface area contributed by atoms with E-state index in [0.717, 1.165) is 43.6 Å². The Morgan fingerprint density at radius 3 is 3.18 bits per heavy atom. The molecule has 6 heteroatoms. The van der Waals surface area contributed by atoms with Crippen molar-refractivity contribution in [1.82, 2.24) is 20.4 Å². The lowest BCUT2D eigenvalue weighted by Gasteiger charge is -2.34. The SMILES string of the molecule is CC(CCc1[nH]nc2cc(F)ccc12)CN1CCNCC1O. The number of halogens is 1. The lowest BCUT2D eigenvalue weighted by Crippen LogP contribution is -2.52. The number of piperazine rings is 1. The zero-order valence-corrected chi connectivity index (χ0v) is 12.8. The van der Waals surface area contributed by atoms with Crippen molar-refractivity contribution < 1.29 is 9.50 Å². The van der Waals surface area contributed by atoms with Gasteiger partial charge in [-0.15, -0.1) is 0 Å². The summed E-state index contributed by atoms with van der Waals surface area (Å²) in [6, 6.07) is 4.71. The molecule has 1 aliphatic rings. The first-order chi connectivity index (χ1) is 10.6. The number of aromatic amines is 1. The van der Waals surface area contributed by atoms with Gasteiger partial charge < -0.3 is 10.4 Å². The molecule has 0 bridgehead atoms. The molecule has 0 aliphatic carbocycles. The van der Waals surface area contributed by atoms with Crippen LogP contribution < -0.4 is 5.32 Å². The predicted octanol–water partition coefficient (Wildman–Crippen LogP) is 1.49. The zero-order chi connectivity index (χ0) is 15.5. The van der Waals surface area contributed by atoms with Crippen molar-refractivity contribution >= 4 is 10.9 Å². The van der Waals surface area contributed by atoms with Gasteiger partial charge >= 0.3 is 0 Å². The Bertz CT molecular complexity index is 630. The van der Waals surface area contributed by atoms with Gasteiger partial charge in [0.1, 0.15) is 12.0 Å². The molecule has 3 N–H and O–H groups in total. The highest BCUT2D eigenvalue weighted by molar-refractivity contribution is 5.81. The van der Waals surface area contributed by atoms with Gasteiger partial charge in [-0.25, -0.2) is 4.39 Å². The number of β-amino-alcohol motifs (C(OH)–C–C–N with tert-alkyl or cyclic N) is 1. The summed E-state index contributed by atoms with van der Waals surface area (Å²) < 4.78 is 13.2. The van der Waals surface area contributed by atoms with E-state index in [4.69, 9.17) is 0 Å². The molecule has 1 aromatic carbocycles. The van der Waals surface area contributed by atoms with Crippen molar-refractivity contribution in [3.05, 3.63) is 29.7 Å². The second-order valence-electron chi connectivity index (χ2n) is 6.19. The molecule has 0 spiro atoms. The average Bonchev–Trinajstić information content (AvgIpc) is 2.89. The topological polar surface area (TPSA) is 64.2 Å². The van der Waals surface area contributed by atoms with E-state index < -0.39 is 0 Å². The van der Waals surface area contributed by atoms with Crippen LogP contribution >= 0.6 is 0 Å². The minimum absolute atomic E-state index is 0.258. The number of aryl methyl sites for hydroxylation is 1. The molecule has 120 valence electrons. The molecule has 1 saturated heterocycles. The van der Waals surface area contributed by atoms with Gasteiger partial charge in [-0.1, -0.05) is 6.92 Å². The number of aliphatic hydroxyl groups excluding tert-OH is 1. The van der Waals surface area contributed by atoms with E-state index >= 15 is 0 Å². The molecule has 2 heterocycles. The van der Waals surface area contributed by atoms with Crippen molar-refractivity contribution in [2.75, 3.05) is 26.2 Å². The maximum absolute atomic E-state index is 13.2. The van der Waals surface area contributed by atoms with E-state index in [2.05, 4.69) is 27.3 Å². The summed E-state index contributed by atoms with van der Waals surface area (Å²) in [5, 5.41) is 21.3. The number of aliphatic hydroxyl groups is 1. The number of H-pyrrole nitrogens is 1. The van der Waals surface area contributed by atoms with Crippen LogP contribution in [0.25, 0.3) is 10.9 Å². The van der Waals surface area contributed by atoms with Crippen molar-refractivity contribution in [2.45, 2.75) is 26.0 Å². The molecule has 2 aromatic rings. The van der Waals surface area contributed by atoms with Gasteiger partial charge in [-0.3, -0.25) is 10.00 Å². The Balaban J connectivity index is 1.56. The number of benzene rings is 1. The Morgan fingerprint density at radius 2 is 2.36 bits per heavy atom. The molecule has 22 heavy (non-hydrogen) atoms. The molecule has 5 nitrogen and oxygen atoms in total. The van der Waals surface area contributed by atoms with Crippen LogP contribution in [0.2, 0.25) is 0 Å². The van der Waals surface area contributed by atoms with Crippen LogP contribution in [0.5, 0.6) is 0 Å². The summed E-state index contributed by atoms with van der Waals surface area (Å²) in [5.74, 6) is 0.221. The summed E-state index contributed by atoms with van der Waals surface area (Å²) in [7, 11) is 0. The van der Waals surface area contributed by atoms with E-state index in [1.807, 2.05) is 0 Å². The molecule has 1 aliphatic heterocycles. The Hall–Kier alpha value is -1.50. The van der Waals surface area contributed by atoms with Crippen LogP contribution in [0.1, 0.15) is 19.0 Å². The molecule has 0 radical (unpaired) electrons. The quantitative estimate of drug-likeness (QED) is 0.783. The number of hydrogen-bond acceptors (Lipinski definition) is 4. The highest BCUT2D eigenvalue weighted by Crippen LogP contribution is 2.20. The normalized spacial score (nSPS) is 21.3. The molecule has 3 rings (SSSR count). The number of nitrogens with zero attached hydrogens (tertiary/aromatic N) is 2. The highest BCUT2D eigenvalue weighted by Gasteiger charge is 2.21. The summed E-state index contributed by atoms with van der Waals surface area (Å²) >= 11 is 0. The van der Waals surface area contributed by atoms with Crippen LogP contribution in [-0.4, -0.2) is 52.6 Å². The second-order valence-corrected chi connectivity index (χ2v) is 6.19. The standard InChI is InChI=1S/C16H23FN4O/c1-11(10-21-7-6-18-9-16(21)22)2-5-14-13-4-3-12(17)8-15(13)20-19-14/h3-4,8,11,16,18,22H,2,5-7,9-10H2,1H3,(H,19,20). The summed E-state index contributed by atoms with van der Waals surface area (Å²) in [5.41, 5.74) is 1.74. The molecule has 1 fully saturated rings. The number of rotatable bonds is 5. The second kappa shape index (κ2) is 6.73.